The Balaban J connectivity index is 2.37. The average Bonchev–Trinajstić information content (AvgIpc) is 2.46. The van der Waals surface area contributed by atoms with E-state index in [9.17, 15) is 21.6 Å². The fourth-order valence-electron chi connectivity index (χ4n) is 2.08. The molecule has 0 amide bonds. The minimum Gasteiger partial charge on any atom is -0.207 e. The second kappa shape index (κ2) is 6.62. The highest BCUT2D eigenvalue weighted by molar-refractivity contribution is 9.10. The van der Waals surface area contributed by atoms with E-state index in [0.717, 1.165) is 22.7 Å². The normalized spacial score (nSPS) is 13.8. The quantitative estimate of drug-likeness (QED) is 0.810. The average molecular weight is 408 g/mol. The third kappa shape index (κ3) is 4.33. The van der Waals surface area contributed by atoms with Gasteiger partial charge in [-0.3, -0.25) is 0 Å². The van der Waals surface area contributed by atoms with Gasteiger partial charge in [0.05, 0.1) is 10.5 Å². The van der Waals surface area contributed by atoms with Gasteiger partial charge in [0, 0.05) is 10.5 Å². The summed E-state index contributed by atoms with van der Waals surface area (Å²) in [5, 5.41) is 0. The van der Waals surface area contributed by atoms with Crippen LogP contribution in [-0.4, -0.2) is 8.42 Å². The molecule has 0 fully saturated rings. The molecule has 124 valence electrons. The van der Waals surface area contributed by atoms with Crippen molar-refractivity contribution < 1.29 is 21.6 Å². The molecule has 2 aromatic rings. The van der Waals surface area contributed by atoms with Crippen LogP contribution in [0.4, 0.5) is 13.2 Å². The van der Waals surface area contributed by atoms with Crippen molar-refractivity contribution in [2.75, 3.05) is 0 Å². The van der Waals surface area contributed by atoms with Crippen molar-refractivity contribution in [2.24, 2.45) is 0 Å². The van der Waals surface area contributed by atoms with Gasteiger partial charge in [0.2, 0.25) is 10.0 Å². The molecule has 1 N–H and O–H groups in total. The molecule has 0 aliphatic heterocycles. The van der Waals surface area contributed by atoms with Crippen LogP contribution >= 0.6 is 15.9 Å². The minimum atomic E-state index is -4.75. The van der Waals surface area contributed by atoms with Gasteiger partial charge < -0.3 is 0 Å². The molecule has 0 unspecified atom stereocenters. The Hall–Kier alpha value is -1.38. The fraction of sp³-hybridized carbons (Fsp3) is 0.200. The number of hydrogen-bond donors (Lipinski definition) is 1. The van der Waals surface area contributed by atoms with E-state index in [0.29, 0.717) is 5.56 Å². The van der Waals surface area contributed by atoms with E-state index >= 15 is 0 Å². The van der Waals surface area contributed by atoms with E-state index in [4.69, 9.17) is 0 Å². The molecule has 0 aliphatic rings. The zero-order chi connectivity index (χ0) is 17.3. The Labute approximate surface area is 140 Å². The van der Waals surface area contributed by atoms with Gasteiger partial charge in [-0.05, 0) is 36.8 Å². The van der Waals surface area contributed by atoms with Gasteiger partial charge in [0.15, 0.2) is 0 Å². The monoisotopic (exact) mass is 407 g/mol. The first-order valence-corrected chi connectivity index (χ1v) is 8.83. The molecule has 1 atom stereocenters. The molecule has 0 spiro atoms. The summed E-state index contributed by atoms with van der Waals surface area (Å²) in [6, 6.07) is 10.3. The van der Waals surface area contributed by atoms with Gasteiger partial charge in [-0.25, -0.2) is 13.1 Å². The van der Waals surface area contributed by atoms with Gasteiger partial charge in [-0.1, -0.05) is 40.2 Å². The summed E-state index contributed by atoms with van der Waals surface area (Å²) in [6.07, 6.45) is -4.75. The van der Waals surface area contributed by atoms with Crippen LogP contribution in [-0.2, 0) is 16.2 Å². The van der Waals surface area contributed by atoms with Crippen molar-refractivity contribution in [1.82, 2.24) is 4.72 Å². The van der Waals surface area contributed by atoms with E-state index in [2.05, 4.69) is 20.7 Å². The zero-order valence-corrected chi connectivity index (χ0v) is 14.3. The lowest BCUT2D eigenvalue weighted by atomic mass is 10.1. The Bertz CT molecular complexity index is 806. The van der Waals surface area contributed by atoms with Crippen molar-refractivity contribution in [2.45, 2.75) is 24.0 Å². The van der Waals surface area contributed by atoms with E-state index < -0.39 is 32.7 Å². The SMILES string of the molecule is C[C@H](NS(=O)(=O)c1ccccc1C(F)(F)F)c1cccc(Br)c1. The van der Waals surface area contributed by atoms with Crippen molar-refractivity contribution >= 4 is 26.0 Å². The van der Waals surface area contributed by atoms with Crippen LogP contribution < -0.4 is 4.72 Å². The van der Waals surface area contributed by atoms with Crippen LogP contribution in [0.25, 0.3) is 0 Å². The third-order valence-electron chi connectivity index (χ3n) is 3.16. The summed E-state index contributed by atoms with van der Waals surface area (Å²) in [6.45, 7) is 1.57. The molecule has 0 saturated heterocycles. The smallest absolute Gasteiger partial charge is 0.207 e. The summed E-state index contributed by atoms with van der Waals surface area (Å²) in [7, 11) is -4.32. The highest BCUT2D eigenvalue weighted by Gasteiger charge is 2.37. The number of nitrogens with one attached hydrogen (secondary N) is 1. The summed E-state index contributed by atoms with van der Waals surface area (Å²) in [4.78, 5) is -0.783. The predicted octanol–water partition coefficient (Wildman–Crippen LogP) is 4.51. The van der Waals surface area contributed by atoms with Crippen molar-refractivity contribution in [3.05, 3.63) is 64.1 Å². The molecule has 0 bridgehead atoms. The summed E-state index contributed by atoms with van der Waals surface area (Å²) < 4.78 is 66.7. The molecular formula is C15H13BrF3NO2S. The molecule has 0 aromatic heterocycles. The van der Waals surface area contributed by atoms with Crippen LogP contribution in [0.2, 0.25) is 0 Å². The number of halogens is 4. The molecule has 2 aromatic carbocycles. The van der Waals surface area contributed by atoms with Gasteiger partial charge in [0.25, 0.3) is 0 Å². The Morgan fingerprint density at radius 3 is 2.35 bits per heavy atom. The maximum absolute atomic E-state index is 13.0. The molecule has 3 nitrogen and oxygen atoms in total. The van der Waals surface area contributed by atoms with Gasteiger partial charge in [-0.15, -0.1) is 0 Å². The van der Waals surface area contributed by atoms with Crippen molar-refractivity contribution in [3.8, 4) is 0 Å². The Morgan fingerprint density at radius 1 is 1.09 bits per heavy atom. The largest absolute Gasteiger partial charge is 0.417 e. The summed E-state index contributed by atoms with van der Waals surface area (Å²) >= 11 is 3.27. The van der Waals surface area contributed by atoms with E-state index in [1.807, 2.05) is 0 Å². The number of alkyl halides is 3. The second-order valence-corrected chi connectivity index (χ2v) is 7.49. The van der Waals surface area contributed by atoms with E-state index in [-0.39, 0.29) is 0 Å². The number of rotatable bonds is 4. The molecule has 0 radical (unpaired) electrons. The first-order chi connectivity index (χ1) is 10.6. The number of benzene rings is 2. The zero-order valence-electron chi connectivity index (χ0n) is 11.9. The third-order valence-corrected chi connectivity index (χ3v) is 5.25. The van der Waals surface area contributed by atoms with E-state index in [1.165, 1.54) is 6.07 Å². The lowest BCUT2D eigenvalue weighted by molar-refractivity contribution is -0.139. The maximum atomic E-state index is 13.0. The molecular weight excluding hydrogens is 395 g/mol. The van der Waals surface area contributed by atoms with Gasteiger partial charge >= 0.3 is 6.18 Å². The predicted molar refractivity (Wildman–Crippen MR) is 84.3 cm³/mol. The fourth-order valence-corrected chi connectivity index (χ4v) is 3.95. The highest BCUT2D eigenvalue weighted by atomic mass is 79.9. The van der Waals surface area contributed by atoms with E-state index in [1.54, 1.807) is 31.2 Å². The van der Waals surface area contributed by atoms with Crippen LogP contribution in [0.3, 0.4) is 0 Å². The second-order valence-electron chi connectivity index (χ2n) is 4.89. The number of sulfonamides is 1. The van der Waals surface area contributed by atoms with Crippen LogP contribution in [0.15, 0.2) is 57.9 Å². The first-order valence-electron chi connectivity index (χ1n) is 6.55. The minimum absolute atomic E-state index is 0.632. The van der Waals surface area contributed by atoms with Gasteiger partial charge in [-0.2, -0.15) is 13.2 Å². The highest BCUT2D eigenvalue weighted by Crippen LogP contribution is 2.34. The molecule has 0 heterocycles. The Kier molecular flexibility index (Phi) is 5.17. The molecule has 0 aliphatic carbocycles. The van der Waals surface area contributed by atoms with Crippen LogP contribution in [0.5, 0.6) is 0 Å². The maximum Gasteiger partial charge on any atom is 0.417 e. The lowest BCUT2D eigenvalue weighted by Crippen LogP contribution is -2.29. The standard InChI is InChI=1S/C15H13BrF3NO2S/c1-10(11-5-4-6-12(16)9-11)20-23(21,22)14-8-3-2-7-13(14)15(17,18)19/h2-10,20H,1H3/t10-/m0/s1. The topological polar surface area (TPSA) is 46.2 Å². The summed E-state index contributed by atoms with van der Waals surface area (Å²) in [5.41, 5.74) is -0.554. The van der Waals surface area contributed by atoms with Crippen LogP contribution in [0.1, 0.15) is 24.1 Å². The molecule has 8 heteroatoms. The van der Waals surface area contributed by atoms with Crippen LogP contribution in [0, 0.1) is 0 Å². The number of hydrogen-bond acceptors (Lipinski definition) is 2. The Morgan fingerprint density at radius 2 is 1.74 bits per heavy atom. The lowest BCUT2D eigenvalue weighted by Gasteiger charge is -2.18. The summed E-state index contributed by atoms with van der Waals surface area (Å²) in [5.74, 6) is 0. The van der Waals surface area contributed by atoms with Gasteiger partial charge in [0.1, 0.15) is 0 Å². The first kappa shape index (κ1) is 18.0. The van der Waals surface area contributed by atoms with Crippen molar-refractivity contribution in [3.63, 3.8) is 0 Å². The molecule has 23 heavy (non-hydrogen) atoms. The van der Waals surface area contributed by atoms with Crippen molar-refractivity contribution in [1.29, 1.82) is 0 Å². The molecule has 2 rings (SSSR count). The molecule has 0 saturated carbocycles.